The molecule has 2 aliphatic carbocycles. The third-order valence-corrected chi connectivity index (χ3v) is 12.9. The lowest BCUT2D eigenvalue weighted by Gasteiger charge is -2.42. The van der Waals surface area contributed by atoms with Gasteiger partial charge in [0, 0.05) is 18.4 Å². The largest absolute Gasteiger partial charge is 0.471 e. The first-order valence-corrected chi connectivity index (χ1v) is 19.7. The first-order chi connectivity index (χ1) is 25.8. The van der Waals surface area contributed by atoms with Crippen LogP contribution in [0.3, 0.4) is 0 Å². The third kappa shape index (κ3) is 7.08. The minimum absolute atomic E-state index is 0.000764. The number of sulfonamides is 1. The van der Waals surface area contributed by atoms with Gasteiger partial charge >= 0.3 is 0 Å². The number of aromatic nitrogens is 3. The lowest BCUT2D eigenvalue weighted by molar-refractivity contribution is -0.142. The number of aryl methyl sites for hydroxylation is 1. The molecule has 4 aliphatic rings. The summed E-state index contributed by atoms with van der Waals surface area (Å²) in [5, 5.41) is 9.25. The fraction of sp³-hybridized carbons (Fsp3) is 0.486. The number of ether oxygens (including phenoxy) is 1. The summed E-state index contributed by atoms with van der Waals surface area (Å²) < 4.78 is 53.4. The van der Waals surface area contributed by atoms with Crippen molar-refractivity contribution in [1.29, 1.82) is 0 Å². The van der Waals surface area contributed by atoms with Crippen molar-refractivity contribution in [3.05, 3.63) is 72.0 Å². The quantitative estimate of drug-likeness (QED) is 0.285. The number of nitrogens with zero attached hydrogens (tertiary/aromatic N) is 4. The Morgan fingerprint density at radius 2 is 1.94 bits per heavy atom. The van der Waals surface area contributed by atoms with E-state index in [0.29, 0.717) is 49.7 Å². The smallest absolute Gasteiger partial charge is 0.274 e. The van der Waals surface area contributed by atoms with Crippen LogP contribution in [0.1, 0.15) is 81.4 Å². The molecule has 54 heavy (non-hydrogen) atoms. The van der Waals surface area contributed by atoms with Gasteiger partial charge in [0.2, 0.25) is 27.7 Å². The van der Waals surface area contributed by atoms with E-state index in [0.717, 1.165) is 6.42 Å². The standard InChI is InChI=1S/C37H42FN7O8S/c1-3-25-33(41-30-24(38)11-9-13-26(30)39-25)53-23-20-29-32(47)42-37(35(49)44-54(50,51)36(2)17-18-36)16-14-22(37)10-7-5-4-6-8-12-28(34(48)45(29)21-23)40-31(46)27-15-19-52-43-27/h7,9-11,13-16,19,22-23,28-29H,3-6,8,12,17-18,20-21H2,1-2H3,(H,40,46)(H,42,47)(H,44,49). The lowest BCUT2D eigenvalue weighted by Crippen LogP contribution is -2.67. The zero-order valence-corrected chi connectivity index (χ0v) is 30.7. The van der Waals surface area contributed by atoms with Crippen molar-refractivity contribution in [2.45, 2.75) is 100 Å². The van der Waals surface area contributed by atoms with Crippen LogP contribution < -0.4 is 20.1 Å². The van der Waals surface area contributed by atoms with Crippen LogP contribution in [0.15, 0.2) is 59.4 Å². The van der Waals surface area contributed by atoms with Crippen LogP contribution in [0.2, 0.25) is 0 Å². The summed E-state index contributed by atoms with van der Waals surface area (Å²) >= 11 is 0. The maximum Gasteiger partial charge on any atom is 0.274 e. The van der Waals surface area contributed by atoms with Crippen molar-refractivity contribution in [2.75, 3.05) is 6.54 Å². The van der Waals surface area contributed by atoms with Crippen molar-refractivity contribution < 1.29 is 41.2 Å². The molecule has 1 saturated carbocycles. The molecule has 15 nitrogen and oxygen atoms in total. The molecule has 2 aliphatic heterocycles. The molecule has 0 spiro atoms. The van der Waals surface area contributed by atoms with Crippen molar-refractivity contribution in [2.24, 2.45) is 5.92 Å². The fourth-order valence-corrected chi connectivity index (χ4v) is 8.36. The van der Waals surface area contributed by atoms with Crippen LogP contribution in [0.4, 0.5) is 4.39 Å². The molecule has 3 aromatic rings. The zero-order valence-electron chi connectivity index (χ0n) is 29.9. The van der Waals surface area contributed by atoms with Crippen molar-refractivity contribution in [3.63, 3.8) is 0 Å². The van der Waals surface area contributed by atoms with Gasteiger partial charge in [0.05, 0.1) is 16.8 Å². The lowest BCUT2D eigenvalue weighted by atomic mass is 9.73. The van der Waals surface area contributed by atoms with E-state index in [1.54, 1.807) is 25.1 Å². The minimum atomic E-state index is -4.06. The number of carbonyl (C=O) groups excluding carboxylic acids is 4. The number of rotatable bonds is 8. The van der Waals surface area contributed by atoms with Crippen LogP contribution in [0, 0.1) is 11.7 Å². The number of para-hydroxylation sites is 1. The van der Waals surface area contributed by atoms with Gasteiger partial charge in [0.15, 0.2) is 11.5 Å². The number of hydrogen-bond donors (Lipinski definition) is 3. The van der Waals surface area contributed by atoms with E-state index in [1.165, 1.54) is 35.4 Å². The number of allylic oxidation sites excluding steroid dienone is 1. The van der Waals surface area contributed by atoms with Gasteiger partial charge in [-0.25, -0.2) is 22.8 Å². The summed E-state index contributed by atoms with van der Waals surface area (Å²) in [5.74, 6) is -4.06. The monoisotopic (exact) mass is 763 g/mol. The summed E-state index contributed by atoms with van der Waals surface area (Å²) in [5.41, 5.74) is -1.00. The molecule has 4 amide bonds. The molecule has 1 aromatic carbocycles. The molecule has 3 N–H and O–H groups in total. The van der Waals surface area contributed by atoms with Gasteiger partial charge in [-0.1, -0.05) is 55.3 Å². The van der Waals surface area contributed by atoms with E-state index in [4.69, 9.17) is 9.26 Å². The Hall–Kier alpha value is -5.19. The van der Waals surface area contributed by atoms with E-state index in [-0.39, 0.29) is 36.5 Å². The van der Waals surface area contributed by atoms with E-state index >= 15 is 0 Å². The first-order valence-electron chi connectivity index (χ1n) is 18.2. The predicted molar refractivity (Wildman–Crippen MR) is 192 cm³/mol. The number of hydrogen-bond acceptors (Lipinski definition) is 11. The highest BCUT2D eigenvalue weighted by Gasteiger charge is 2.56. The zero-order chi connectivity index (χ0) is 38.3. The fourth-order valence-electron chi connectivity index (χ4n) is 7.06. The maximum absolute atomic E-state index is 14.8. The maximum atomic E-state index is 14.8. The third-order valence-electron chi connectivity index (χ3n) is 10.8. The molecule has 5 unspecified atom stereocenters. The Morgan fingerprint density at radius 3 is 2.65 bits per heavy atom. The Balaban J connectivity index is 1.23. The van der Waals surface area contributed by atoms with Gasteiger partial charge in [0.1, 0.15) is 41.2 Å². The van der Waals surface area contributed by atoms with Gasteiger partial charge in [0.25, 0.3) is 11.8 Å². The van der Waals surface area contributed by atoms with Crippen LogP contribution in [-0.4, -0.2) is 87.1 Å². The number of amides is 4. The van der Waals surface area contributed by atoms with Crippen LogP contribution in [0.5, 0.6) is 5.88 Å². The summed E-state index contributed by atoms with van der Waals surface area (Å²) in [7, 11) is -4.06. The van der Waals surface area contributed by atoms with Crippen molar-refractivity contribution in [1.82, 2.24) is 35.4 Å². The molecule has 2 fully saturated rings. The van der Waals surface area contributed by atoms with E-state index in [2.05, 4.69) is 30.5 Å². The number of fused-ring (bicyclic) bond motifs is 3. The highest BCUT2D eigenvalue weighted by Crippen LogP contribution is 2.43. The minimum Gasteiger partial charge on any atom is -0.471 e. The average Bonchev–Trinajstić information content (AvgIpc) is 3.49. The van der Waals surface area contributed by atoms with E-state index < -0.39 is 73.9 Å². The van der Waals surface area contributed by atoms with Crippen LogP contribution in [-0.2, 0) is 30.8 Å². The van der Waals surface area contributed by atoms with Crippen LogP contribution >= 0.6 is 0 Å². The number of nitrogens with one attached hydrogen (secondary N) is 3. The second kappa shape index (κ2) is 14.6. The molecule has 7 rings (SSSR count). The van der Waals surface area contributed by atoms with Gasteiger partial charge in [-0.15, -0.1) is 0 Å². The summed E-state index contributed by atoms with van der Waals surface area (Å²) in [4.78, 5) is 66.3. The topological polar surface area (TPSA) is 203 Å². The molecular weight excluding hydrogens is 722 g/mol. The molecule has 286 valence electrons. The number of halogens is 1. The molecular formula is C37H42FN7O8S. The highest BCUT2D eigenvalue weighted by molar-refractivity contribution is 7.91. The van der Waals surface area contributed by atoms with E-state index in [1.807, 2.05) is 13.0 Å². The second-order valence-electron chi connectivity index (χ2n) is 14.5. The molecule has 2 aromatic heterocycles. The molecule has 0 bridgehead atoms. The molecule has 5 atom stereocenters. The van der Waals surface area contributed by atoms with Gasteiger partial charge in [-0.05, 0) is 57.6 Å². The Morgan fingerprint density at radius 1 is 1.13 bits per heavy atom. The predicted octanol–water partition coefficient (Wildman–Crippen LogP) is 3.03. The molecule has 0 radical (unpaired) electrons. The number of benzene rings is 1. The average molecular weight is 764 g/mol. The summed E-state index contributed by atoms with van der Waals surface area (Å²) in [6.45, 7) is 3.27. The molecule has 17 heteroatoms. The molecule has 4 heterocycles. The van der Waals surface area contributed by atoms with Crippen LogP contribution in [0.25, 0.3) is 11.0 Å². The van der Waals surface area contributed by atoms with E-state index in [9.17, 15) is 32.0 Å². The van der Waals surface area contributed by atoms with Gasteiger partial charge < -0.3 is 24.8 Å². The highest BCUT2D eigenvalue weighted by atomic mass is 32.2. The Bertz CT molecular complexity index is 2140. The molecule has 1 saturated heterocycles. The normalized spacial score (nSPS) is 26.8. The summed E-state index contributed by atoms with van der Waals surface area (Å²) in [6, 6.07) is 3.50. The Kier molecular flexibility index (Phi) is 10.0. The van der Waals surface area contributed by atoms with Gasteiger partial charge in [-0.2, -0.15) is 0 Å². The van der Waals surface area contributed by atoms with Crippen molar-refractivity contribution >= 4 is 44.7 Å². The Labute approximate surface area is 311 Å². The first kappa shape index (κ1) is 37.1. The summed E-state index contributed by atoms with van der Waals surface area (Å²) in [6.07, 6.45) is 11.3. The number of carbonyl (C=O) groups is 4. The SMILES string of the molecule is CCc1nc2cccc(F)c2nc1OC1CC2C(=O)NC3(C(=O)NS(=O)(=O)C4(C)CC4)C=CC3C=CCCCCCC(NC(=O)c3ccon3)C(=O)N2C1. The second-order valence-corrected chi connectivity index (χ2v) is 16.7. The van der Waals surface area contributed by atoms with Crippen molar-refractivity contribution in [3.8, 4) is 5.88 Å². The van der Waals surface area contributed by atoms with Gasteiger partial charge in [-0.3, -0.25) is 23.9 Å².